The molecule has 2 atom stereocenters. The predicted octanol–water partition coefficient (Wildman–Crippen LogP) is 3.13. The highest BCUT2D eigenvalue weighted by atomic mass is 127. The number of likely N-dealkylation sites (tertiary alicyclic amines) is 1. The summed E-state index contributed by atoms with van der Waals surface area (Å²) in [5, 5.41) is 0. The third kappa shape index (κ3) is 2.20. The van der Waals surface area contributed by atoms with Crippen molar-refractivity contribution in [3.8, 4) is 0 Å². The Morgan fingerprint density at radius 1 is 1.41 bits per heavy atom. The average molecular weight is 341 g/mol. The average Bonchev–Trinajstić information content (AvgIpc) is 2.75. The molecule has 90 valence electrons. The molecule has 0 unspecified atom stereocenters. The van der Waals surface area contributed by atoms with Crippen molar-refractivity contribution in [3.63, 3.8) is 0 Å². The van der Waals surface area contributed by atoms with Gasteiger partial charge in [0.05, 0.1) is 17.1 Å². The van der Waals surface area contributed by atoms with Gasteiger partial charge >= 0.3 is 0 Å². The number of fused-ring (bicyclic) bond motifs is 1. The van der Waals surface area contributed by atoms with Gasteiger partial charge in [-0.25, -0.2) is 4.98 Å². The van der Waals surface area contributed by atoms with E-state index in [4.69, 9.17) is 4.98 Å². The first kappa shape index (κ1) is 11.5. The van der Waals surface area contributed by atoms with Crippen molar-refractivity contribution < 1.29 is 0 Å². The molecule has 1 aromatic heterocycles. The monoisotopic (exact) mass is 341 g/mol. The van der Waals surface area contributed by atoms with Gasteiger partial charge in [0.1, 0.15) is 5.82 Å². The van der Waals surface area contributed by atoms with Crippen LogP contribution in [-0.2, 0) is 0 Å². The van der Waals surface area contributed by atoms with E-state index in [1.165, 1.54) is 12.8 Å². The first-order valence-corrected chi connectivity index (χ1v) is 7.27. The molecule has 3 rings (SSSR count). The van der Waals surface area contributed by atoms with E-state index in [1.807, 2.05) is 6.07 Å². The predicted molar refractivity (Wildman–Crippen MR) is 78.5 cm³/mol. The van der Waals surface area contributed by atoms with E-state index in [-0.39, 0.29) is 0 Å². The van der Waals surface area contributed by atoms with Crippen LogP contribution in [0, 0.1) is 0 Å². The fourth-order valence-electron chi connectivity index (χ4n) is 2.49. The third-order valence-electron chi connectivity index (χ3n) is 3.53. The number of aromatic amines is 1. The van der Waals surface area contributed by atoms with E-state index in [0.29, 0.717) is 6.04 Å². The van der Waals surface area contributed by atoms with Crippen molar-refractivity contribution in [2.75, 3.05) is 13.6 Å². The number of hydrogen-bond donors (Lipinski definition) is 1. The molecule has 0 aliphatic carbocycles. The summed E-state index contributed by atoms with van der Waals surface area (Å²) in [6.45, 7) is 1.16. The van der Waals surface area contributed by atoms with Crippen LogP contribution in [0.3, 0.4) is 0 Å². The van der Waals surface area contributed by atoms with Gasteiger partial charge in [-0.1, -0.05) is 34.7 Å². The SMILES string of the molecule is CN1CC[C@@H](I)C[C@@H]1c1nc2ccccc2[nH]1. The fraction of sp³-hybridized carbons (Fsp3) is 0.462. The number of alkyl halides is 1. The number of aromatic nitrogens is 2. The minimum atomic E-state index is 0.443. The van der Waals surface area contributed by atoms with Gasteiger partial charge in [0.15, 0.2) is 0 Å². The minimum absolute atomic E-state index is 0.443. The number of halogens is 1. The number of nitrogens with zero attached hydrogens (tertiary/aromatic N) is 2. The molecule has 0 bridgehead atoms. The molecule has 0 saturated carbocycles. The Balaban J connectivity index is 1.96. The fourth-order valence-corrected chi connectivity index (χ4v) is 3.25. The molecule has 1 aliphatic heterocycles. The molecule has 0 radical (unpaired) electrons. The van der Waals surface area contributed by atoms with Crippen LogP contribution in [0.5, 0.6) is 0 Å². The Hall–Kier alpha value is -0.620. The summed E-state index contributed by atoms with van der Waals surface area (Å²) in [5.74, 6) is 1.12. The molecule has 2 aromatic rings. The van der Waals surface area contributed by atoms with Gasteiger partial charge in [0.25, 0.3) is 0 Å². The lowest BCUT2D eigenvalue weighted by molar-refractivity contribution is 0.188. The van der Waals surface area contributed by atoms with Crippen LogP contribution in [0.15, 0.2) is 24.3 Å². The highest BCUT2D eigenvalue weighted by molar-refractivity contribution is 14.1. The normalized spacial score (nSPS) is 26.5. The number of rotatable bonds is 1. The van der Waals surface area contributed by atoms with Gasteiger partial charge < -0.3 is 4.98 Å². The summed E-state index contributed by atoms with van der Waals surface area (Å²) in [6.07, 6.45) is 2.48. The number of piperidine rings is 1. The van der Waals surface area contributed by atoms with E-state index in [9.17, 15) is 0 Å². The second-order valence-electron chi connectivity index (χ2n) is 4.76. The summed E-state index contributed by atoms with van der Waals surface area (Å²) in [4.78, 5) is 10.6. The molecule has 2 heterocycles. The molecule has 0 spiro atoms. The molecule has 4 heteroatoms. The van der Waals surface area contributed by atoms with E-state index in [0.717, 1.165) is 27.3 Å². The maximum atomic E-state index is 4.72. The van der Waals surface area contributed by atoms with Crippen molar-refractivity contribution in [1.82, 2.24) is 14.9 Å². The summed E-state index contributed by atoms with van der Waals surface area (Å²) in [5.41, 5.74) is 2.22. The Morgan fingerprint density at radius 2 is 2.24 bits per heavy atom. The van der Waals surface area contributed by atoms with Crippen LogP contribution in [0.2, 0.25) is 0 Å². The van der Waals surface area contributed by atoms with Crippen molar-refractivity contribution in [2.45, 2.75) is 22.8 Å². The number of benzene rings is 1. The Labute approximate surface area is 115 Å². The molecule has 1 aliphatic rings. The number of imidazole rings is 1. The zero-order chi connectivity index (χ0) is 11.8. The minimum Gasteiger partial charge on any atom is -0.341 e. The second-order valence-corrected chi connectivity index (χ2v) is 6.52. The van der Waals surface area contributed by atoms with Gasteiger partial charge in [-0.15, -0.1) is 0 Å². The lowest BCUT2D eigenvalue weighted by Gasteiger charge is -2.33. The van der Waals surface area contributed by atoms with E-state index < -0.39 is 0 Å². The molecule has 0 amide bonds. The number of H-pyrrole nitrogens is 1. The number of hydrogen-bond acceptors (Lipinski definition) is 2. The number of nitrogens with one attached hydrogen (secondary N) is 1. The van der Waals surface area contributed by atoms with Crippen molar-refractivity contribution in [3.05, 3.63) is 30.1 Å². The summed E-state index contributed by atoms with van der Waals surface area (Å²) >= 11 is 2.56. The lowest BCUT2D eigenvalue weighted by Crippen LogP contribution is -2.34. The summed E-state index contributed by atoms with van der Waals surface area (Å²) in [7, 11) is 2.19. The lowest BCUT2D eigenvalue weighted by atomic mass is 10.0. The van der Waals surface area contributed by atoms with E-state index >= 15 is 0 Å². The highest BCUT2D eigenvalue weighted by Crippen LogP contribution is 2.32. The topological polar surface area (TPSA) is 31.9 Å². The molecular formula is C13H16IN3. The molecular weight excluding hydrogens is 325 g/mol. The van der Waals surface area contributed by atoms with Crippen LogP contribution < -0.4 is 0 Å². The van der Waals surface area contributed by atoms with Crippen molar-refractivity contribution in [2.24, 2.45) is 0 Å². The van der Waals surface area contributed by atoms with Crippen molar-refractivity contribution >= 4 is 33.6 Å². The molecule has 1 aromatic carbocycles. The molecule has 1 saturated heterocycles. The van der Waals surface area contributed by atoms with Crippen LogP contribution in [0.1, 0.15) is 24.7 Å². The van der Waals surface area contributed by atoms with Crippen LogP contribution >= 0.6 is 22.6 Å². The maximum Gasteiger partial charge on any atom is 0.124 e. The van der Waals surface area contributed by atoms with Gasteiger partial charge in [-0.3, -0.25) is 4.90 Å². The quantitative estimate of drug-likeness (QED) is 0.638. The first-order chi connectivity index (χ1) is 8.24. The Bertz CT molecular complexity index is 489. The molecule has 1 fully saturated rings. The summed E-state index contributed by atoms with van der Waals surface area (Å²) in [6, 6.07) is 8.70. The van der Waals surface area contributed by atoms with Crippen LogP contribution in [-0.4, -0.2) is 32.4 Å². The van der Waals surface area contributed by atoms with Gasteiger partial charge in [-0.2, -0.15) is 0 Å². The molecule has 3 nitrogen and oxygen atoms in total. The molecule has 1 N–H and O–H groups in total. The van der Waals surface area contributed by atoms with Crippen LogP contribution in [0.25, 0.3) is 11.0 Å². The Kier molecular flexibility index (Phi) is 3.08. The largest absolute Gasteiger partial charge is 0.341 e. The van der Waals surface area contributed by atoms with Gasteiger partial charge in [0, 0.05) is 3.92 Å². The second kappa shape index (κ2) is 4.57. The van der Waals surface area contributed by atoms with E-state index in [2.05, 4.69) is 57.7 Å². The zero-order valence-corrected chi connectivity index (χ0v) is 12.0. The van der Waals surface area contributed by atoms with Gasteiger partial charge in [-0.05, 0) is 38.6 Å². The standard InChI is InChI=1S/C13H16IN3/c1-17-7-6-9(14)8-12(17)13-15-10-4-2-3-5-11(10)16-13/h2-5,9,12H,6-8H2,1H3,(H,15,16)/t9-,12-/m1/s1. The number of para-hydroxylation sites is 2. The smallest absolute Gasteiger partial charge is 0.124 e. The van der Waals surface area contributed by atoms with E-state index in [1.54, 1.807) is 0 Å². The van der Waals surface area contributed by atoms with Gasteiger partial charge in [0.2, 0.25) is 0 Å². The highest BCUT2D eigenvalue weighted by Gasteiger charge is 2.27. The van der Waals surface area contributed by atoms with Crippen LogP contribution in [0.4, 0.5) is 0 Å². The zero-order valence-electron chi connectivity index (χ0n) is 9.86. The molecule has 17 heavy (non-hydrogen) atoms. The summed E-state index contributed by atoms with van der Waals surface area (Å²) < 4.78 is 0.766. The van der Waals surface area contributed by atoms with Crippen molar-refractivity contribution in [1.29, 1.82) is 0 Å². The first-order valence-electron chi connectivity index (χ1n) is 6.03. The Morgan fingerprint density at radius 3 is 3.06 bits per heavy atom. The maximum absolute atomic E-state index is 4.72. The third-order valence-corrected chi connectivity index (χ3v) is 4.66.